The number of nitrogens with one attached hydrogen (secondary N) is 1. The van der Waals surface area contributed by atoms with Crippen LogP contribution in [0.15, 0.2) is 18.2 Å². The fraction of sp³-hybridized carbons (Fsp3) is 0.385. The summed E-state index contributed by atoms with van der Waals surface area (Å²) in [6.45, 7) is 2.30. The van der Waals surface area contributed by atoms with Crippen molar-refractivity contribution in [1.29, 1.82) is 0 Å². The lowest BCUT2D eigenvalue weighted by atomic mass is 10.1. The lowest BCUT2D eigenvalue weighted by Gasteiger charge is -2.36. The van der Waals surface area contributed by atoms with Crippen molar-refractivity contribution in [2.75, 3.05) is 11.4 Å². The molecular formula is C13H16ClN3O2. The molecule has 0 radical (unpaired) electrons. The molecule has 2 rings (SSSR count). The molecule has 1 fully saturated rings. The number of benzene rings is 1. The molecule has 2 amide bonds. The van der Waals surface area contributed by atoms with E-state index < -0.39 is 0 Å². The van der Waals surface area contributed by atoms with Crippen LogP contribution in [0.2, 0.25) is 5.02 Å². The molecule has 0 saturated carbocycles. The van der Waals surface area contributed by atoms with E-state index in [-0.39, 0.29) is 30.9 Å². The molecule has 19 heavy (non-hydrogen) atoms. The summed E-state index contributed by atoms with van der Waals surface area (Å²) in [6, 6.07) is 5.00. The minimum absolute atomic E-state index is 0.136. The molecule has 1 atom stereocenters. The van der Waals surface area contributed by atoms with Crippen LogP contribution in [0.25, 0.3) is 0 Å². The van der Waals surface area contributed by atoms with E-state index in [0.29, 0.717) is 11.4 Å². The smallest absolute Gasteiger partial charge is 0.249 e. The topological polar surface area (TPSA) is 75.4 Å². The van der Waals surface area contributed by atoms with E-state index in [0.717, 1.165) is 11.3 Å². The summed E-state index contributed by atoms with van der Waals surface area (Å²) in [5.74, 6) is -0.584. The highest BCUT2D eigenvalue weighted by Crippen LogP contribution is 2.30. The highest BCUT2D eigenvalue weighted by molar-refractivity contribution is 6.31. The van der Waals surface area contributed by atoms with E-state index >= 15 is 0 Å². The van der Waals surface area contributed by atoms with Crippen LogP contribution in [0.5, 0.6) is 0 Å². The van der Waals surface area contributed by atoms with Crippen molar-refractivity contribution in [3.63, 3.8) is 0 Å². The van der Waals surface area contributed by atoms with Gasteiger partial charge in [-0.05, 0) is 18.6 Å². The second kappa shape index (κ2) is 5.59. The lowest BCUT2D eigenvalue weighted by molar-refractivity contribution is -0.132. The molecule has 1 heterocycles. The maximum Gasteiger partial charge on any atom is 0.249 e. The SMILES string of the molecule is CCC1C(=O)NC(=O)CN1c1cccc(Cl)c1CN. The highest BCUT2D eigenvalue weighted by atomic mass is 35.5. The third-order valence-electron chi connectivity index (χ3n) is 3.25. The van der Waals surface area contributed by atoms with Crippen molar-refractivity contribution < 1.29 is 9.59 Å². The summed E-state index contributed by atoms with van der Waals surface area (Å²) in [7, 11) is 0. The largest absolute Gasteiger partial charge is 0.350 e. The Kier molecular flexibility index (Phi) is 4.07. The summed E-state index contributed by atoms with van der Waals surface area (Å²) in [5.41, 5.74) is 7.23. The summed E-state index contributed by atoms with van der Waals surface area (Å²) in [4.78, 5) is 25.2. The highest BCUT2D eigenvalue weighted by Gasteiger charge is 2.33. The maximum absolute atomic E-state index is 11.9. The predicted octanol–water partition coefficient (Wildman–Crippen LogP) is 1.04. The van der Waals surface area contributed by atoms with Crippen LogP contribution in [-0.2, 0) is 16.1 Å². The Morgan fingerprint density at radius 2 is 2.21 bits per heavy atom. The van der Waals surface area contributed by atoms with Crippen molar-refractivity contribution in [3.05, 3.63) is 28.8 Å². The average Bonchev–Trinajstić information content (AvgIpc) is 2.37. The Hall–Kier alpha value is -1.59. The number of anilines is 1. The minimum atomic E-state index is -0.374. The van der Waals surface area contributed by atoms with Gasteiger partial charge in [-0.15, -0.1) is 0 Å². The van der Waals surface area contributed by atoms with Crippen LogP contribution in [0, 0.1) is 0 Å². The third kappa shape index (κ3) is 2.57. The van der Waals surface area contributed by atoms with Crippen molar-refractivity contribution in [2.24, 2.45) is 5.73 Å². The quantitative estimate of drug-likeness (QED) is 0.812. The number of hydrogen-bond donors (Lipinski definition) is 2. The Morgan fingerprint density at radius 3 is 2.84 bits per heavy atom. The van der Waals surface area contributed by atoms with Crippen molar-refractivity contribution in [2.45, 2.75) is 25.9 Å². The number of rotatable bonds is 3. The van der Waals surface area contributed by atoms with Gasteiger partial charge in [0.15, 0.2) is 0 Å². The molecule has 0 aromatic heterocycles. The van der Waals surface area contributed by atoms with E-state index in [1.54, 1.807) is 17.0 Å². The van der Waals surface area contributed by atoms with Crippen LogP contribution in [-0.4, -0.2) is 24.4 Å². The molecule has 1 aromatic carbocycles. The summed E-state index contributed by atoms with van der Waals surface area (Å²) < 4.78 is 0. The molecule has 0 spiro atoms. The lowest BCUT2D eigenvalue weighted by Crippen LogP contribution is -2.58. The van der Waals surface area contributed by atoms with Gasteiger partial charge in [0.25, 0.3) is 0 Å². The molecule has 0 bridgehead atoms. The number of carbonyl (C=O) groups is 2. The molecule has 1 aromatic rings. The molecule has 1 unspecified atom stereocenters. The van der Waals surface area contributed by atoms with E-state index in [1.165, 1.54) is 0 Å². The van der Waals surface area contributed by atoms with Gasteiger partial charge in [-0.3, -0.25) is 14.9 Å². The number of amides is 2. The summed E-state index contributed by atoms with van der Waals surface area (Å²) in [6.07, 6.45) is 0.607. The molecule has 1 aliphatic heterocycles. The zero-order valence-corrected chi connectivity index (χ0v) is 11.4. The van der Waals surface area contributed by atoms with Gasteiger partial charge in [-0.1, -0.05) is 24.6 Å². The Bertz CT molecular complexity index is 519. The first kappa shape index (κ1) is 13.8. The molecule has 6 heteroatoms. The Labute approximate surface area is 116 Å². The monoisotopic (exact) mass is 281 g/mol. The van der Waals surface area contributed by atoms with Gasteiger partial charge in [0.2, 0.25) is 11.8 Å². The van der Waals surface area contributed by atoms with E-state index in [1.807, 2.05) is 13.0 Å². The predicted molar refractivity (Wildman–Crippen MR) is 73.9 cm³/mol. The van der Waals surface area contributed by atoms with Gasteiger partial charge in [0, 0.05) is 22.8 Å². The zero-order valence-electron chi connectivity index (χ0n) is 10.6. The van der Waals surface area contributed by atoms with Crippen LogP contribution in [0.1, 0.15) is 18.9 Å². The molecule has 1 aliphatic rings. The average molecular weight is 282 g/mol. The standard InChI is InChI=1S/C13H16ClN3O2/c1-2-10-13(19)16-12(18)7-17(10)11-5-3-4-9(14)8(11)6-15/h3-5,10H,2,6-7,15H2,1H3,(H,16,18,19). The Morgan fingerprint density at radius 1 is 1.47 bits per heavy atom. The van der Waals surface area contributed by atoms with Gasteiger partial charge in [0.05, 0.1) is 6.54 Å². The molecule has 1 saturated heterocycles. The van der Waals surface area contributed by atoms with Gasteiger partial charge in [-0.2, -0.15) is 0 Å². The Balaban J connectivity index is 2.46. The van der Waals surface area contributed by atoms with Gasteiger partial charge < -0.3 is 10.6 Å². The first-order valence-electron chi connectivity index (χ1n) is 6.16. The number of carbonyl (C=O) groups excluding carboxylic acids is 2. The van der Waals surface area contributed by atoms with Crippen molar-refractivity contribution in [1.82, 2.24) is 5.32 Å². The third-order valence-corrected chi connectivity index (χ3v) is 3.60. The number of imide groups is 1. The number of nitrogens with two attached hydrogens (primary N) is 1. The van der Waals surface area contributed by atoms with E-state index in [4.69, 9.17) is 17.3 Å². The zero-order chi connectivity index (χ0) is 14.0. The van der Waals surface area contributed by atoms with Crippen molar-refractivity contribution in [3.8, 4) is 0 Å². The number of piperazine rings is 1. The van der Waals surface area contributed by atoms with E-state index in [9.17, 15) is 9.59 Å². The number of nitrogens with zero attached hydrogens (tertiary/aromatic N) is 1. The molecule has 5 nitrogen and oxygen atoms in total. The van der Waals surface area contributed by atoms with Crippen LogP contribution in [0.4, 0.5) is 5.69 Å². The first-order valence-corrected chi connectivity index (χ1v) is 6.54. The van der Waals surface area contributed by atoms with E-state index in [2.05, 4.69) is 5.32 Å². The number of halogens is 1. The second-order valence-corrected chi connectivity index (χ2v) is 4.81. The molecule has 0 aliphatic carbocycles. The van der Waals surface area contributed by atoms with Gasteiger partial charge >= 0.3 is 0 Å². The van der Waals surface area contributed by atoms with Crippen LogP contribution >= 0.6 is 11.6 Å². The molecule has 3 N–H and O–H groups in total. The first-order chi connectivity index (χ1) is 9.08. The summed E-state index contributed by atoms with van der Waals surface area (Å²) in [5, 5.41) is 2.90. The van der Waals surface area contributed by atoms with Gasteiger partial charge in [0.1, 0.15) is 6.04 Å². The molecular weight excluding hydrogens is 266 g/mol. The van der Waals surface area contributed by atoms with Gasteiger partial charge in [-0.25, -0.2) is 0 Å². The maximum atomic E-state index is 11.9. The van der Waals surface area contributed by atoms with Crippen LogP contribution in [0.3, 0.4) is 0 Å². The second-order valence-electron chi connectivity index (χ2n) is 4.41. The van der Waals surface area contributed by atoms with Crippen molar-refractivity contribution >= 4 is 29.1 Å². The normalized spacial score (nSPS) is 19.5. The fourth-order valence-corrected chi connectivity index (χ4v) is 2.59. The minimum Gasteiger partial charge on any atom is -0.350 e. The number of hydrogen-bond acceptors (Lipinski definition) is 4. The fourth-order valence-electron chi connectivity index (χ4n) is 2.34. The van der Waals surface area contributed by atoms with Crippen LogP contribution < -0.4 is 16.0 Å². The molecule has 102 valence electrons. The summed E-state index contributed by atoms with van der Waals surface area (Å²) >= 11 is 6.12.